The number of nitriles is 1. The summed E-state index contributed by atoms with van der Waals surface area (Å²) >= 11 is 8.15. The van der Waals surface area contributed by atoms with Gasteiger partial charge in [0.1, 0.15) is 29.2 Å². The van der Waals surface area contributed by atoms with Gasteiger partial charge in [-0.1, -0.05) is 29.8 Å². The van der Waals surface area contributed by atoms with E-state index in [0.29, 0.717) is 47.5 Å². The highest BCUT2D eigenvalue weighted by atomic mass is 35.5. The summed E-state index contributed by atoms with van der Waals surface area (Å²) in [5.41, 5.74) is 5.02. The zero-order valence-corrected chi connectivity index (χ0v) is 23.2. The van der Waals surface area contributed by atoms with Crippen LogP contribution in [-0.4, -0.2) is 81.4 Å². The molecule has 0 spiro atoms. The van der Waals surface area contributed by atoms with Gasteiger partial charge in [-0.15, -0.1) is 11.8 Å². The van der Waals surface area contributed by atoms with E-state index in [9.17, 15) is 5.26 Å². The molecular formula is C27H32ClN5O2S. The lowest BCUT2D eigenvalue weighted by atomic mass is 9.98. The number of benzene rings is 2. The number of halogens is 1. The molecule has 0 fully saturated rings. The van der Waals surface area contributed by atoms with Crippen LogP contribution < -0.4 is 4.74 Å². The molecule has 1 heterocycles. The number of fused-ring (bicyclic) bond motifs is 1. The van der Waals surface area contributed by atoms with Gasteiger partial charge in [0.05, 0.1) is 23.6 Å². The van der Waals surface area contributed by atoms with Crippen LogP contribution in [0.4, 0.5) is 5.69 Å². The maximum atomic E-state index is 9.96. The molecule has 0 saturated heterocycles. The van der Waals surface area contributed by atoms with E-state index in [2.05, 4.69) is 11.0 Å². The lowest BCUT2D eigenvalue weighted by molar-refractivity contribution is 0.150. The highest BCUT2D eigenvalue weighted by Crippen LogP contribution is 2.37. The Bertz CT molecular complexity index is 1230. The van der Waals surface area contributed by atoms with Crippen LogP contribution in [0.1, 0.15) is 23.6 Å². The standard InChI is InChI=1S/C27H32ClN5O2S/c1-18(32(2)3)25-27(36-6)30-23-16-24(35-14-12-33(4)11-13-34-5)19(17-29)15-21(23)26(31-25)20-9-7-8-10-22(20)28/h7-10,15-16H,11-14H2,1-6H3/b25-18-. The largest absolute Gasteiger partial charge is 0.491 e. The fourth-order valence-corrected chi connectivity index (χ4v) is 4.36. The molecule has 36 heavy (non-hydrogen) atoms. The SMILES string of the molecule is COCCN(C)CCOc1cc2c(cc1C#N)C(c1ccccc1Cl)=N/C(=C(/C)N(C)C)C(SC)=N2. The number of thioether (sulfide) groups is 1. The molecule has 2 aromatic carbocycles. The van der Waals surface area contributed by atoms with E-state index in [0.717, 1.165) is 34.1 Å². The third-order valence-electron chi connectivity index (χ3n) is 5.87. The van der Waals surface area contributed by atoms with Crippen LogP contribution >= 0.6 is 23.4 Å². The molecule has 0 aromatic heterocycles. The maximum Gasteiger partial charge on any atom is 0.139 e. The van der Waals surface area contributed by atoms with Crippen LogP contribution in [0.3, 0.4) is 0 Å². The molecule has 2 aromatic rings. The van der Waals surface area contributed by atoms with Crippen molar-refractivity contribution in [2.24, 2.45) is 9.98 Å². The topological polar surface area (TPSA) is 73.5 Å². The van der Waals surface area contributed by atoms with Crippen molar-refractivity contribution in [1.29, 1.82) is 5.26 Å². The summed E-state index contributed by atoms with van der Waals surface area (Å²) in [4.78, 5) is 14.2. The molecule has 0 radical (unpaired) electrons. The molecule has 0 amide bonds. The molecule has 0 unspecified atom stereocenters. The molecule has 0 N–H and O–H groups in total. The van der Waals surface area contributed by atoms with E-state index < -0.39 is 0 Å². The summed E-state index contributed by atoms with van der Waals surface area (Å²) in [7, 11) is 7.65. The predicted molar refractivity (Wildman–Crippen MR) is 150 cm³/mol. The van der Waals surface area contributed by atoms with Gasteiger partial charge in [-0.2, -0.15) is 5.26 Å². The summed E-state index contributed by atoms with van der Waals surface area (Å²) < 4.78 is 11.2. The second-order valence-corrected chi connectivity index (χ2v) is 9.71. The number of hydrogen-bond acceptors (Lipinski definition) is 8. The Morgan fingerprint density at radius 3 is 2.44 bits per heavy atom. The van der Waals surface area contributed by atoms with Gasteiger partial charge in [-0.25, -0.2) is 9.98 Å². The Hall–Kier alpha value is -2.83. The molecule has 3 rings (SSSR count). The average molecular weight is 526 g/mol. The number of rotatable bonds is 9. The van der Waals surface area contributed by atoms with Crippen molar-refractivity contribution >= 4 is 39.8 Å². The Labute approximate surface area is 223 Å². The number of nitrogens with zero attached hydrogens (tertiary/aromatic N) is 5. The molecule has 7 nitrogen and oxygen atoms in total. The Balaban J connectivity index is 2.14. The number of hydrogen-bond donors (Lipinski definition) is 0. The first-order valence-electron chi connectivity index (χ1n) is 11.5. The molecule has 0 saturated carbocycles. The zero-order chi connectivity index (χ0) is 26.2. The molecular weight excluding hydrogens is 494 g/mol. The van der Waals surface area contributed by atoms with Gasteiger partial charge in [-0.05, 0) is 32.4 Å². The summed E-state index contributed by atoms with van der Waals surface area (Å²) in [6.45, 7) is 4.60. The van der Waals surface area contributed by atoms with E-state index in [1.165, 1.54) is 11.8 Å². The molecule has 1 aliphatic rings. The second kappa shape index (κ2) is 12.9. The monoisotopic (exact) mass is 525 g/mol. The van der Waals surface area contributed by atoms with Crippen LogP contribution in [0, 0.1) is 11.3 Å². The number of methoxy groups -OCH3 is 1. The molecule has 9 heteroatoms. The first-order chi connectivity index (χ1) is 17.3. The predicted octanol–water partition coefficient (Wildman–Crippen LogP) is 5.21. The van der Waals surface area contributed by atoms with E-state index >= 15 is 0 Å². The molecule has 0 bridgehead atoms. The first-order valence-corrected chi connectivity index (χ1v) is 13.1. The maximum absolute atomic E-state index is 9.96. The van der Waals surface area contributed by atoms with Crippen molar-refractivity contribution in [3.63, 3.8) is 0 Å². The van der Waals surface area contributed by atoms with Crippen molar-refractivity contribution in [2.75, 3.05) is 60.8 Å². The summed E-state index contributed by atoms with van der Waals surface area (Å²) in [6.07, 6.45) is 1.98. The van der Waals surface area contributed by atoms with Crippen LogP contribution in [-0.2, 0) is 4.74 Å². The smallest absolute Gasteiger partial charge is 0.139 e. The summed E-state index contributed by atoms with van der Waals surface area (Å²) in [6, 6.07) is 13.5. The summed E-state index contributed by atoms with van der Waals surface area (Å²) in [5.74, 6) is 0.496. The highest BCUT2D eigenvalue weighted by molar-refractivity contribution is 8.13. The van der Waals surface area contributed by atoms with Gasteiger partial charge in [0, 0.05) is 62.2 Å². The van der Waals surface area contributed by atoms with E-state index in [-0.39, 0.29) is 0 Å². The minimum Gasteiger partial charge on any atom is -0.491 e. The Morgan fingerprint density at radius 1 is 1.08 bits per heavy atom. The van der Waals surface area contributed by atoms with E-state index in [1.807, 2.05) is 69.6 Å². The lowest BCUT2D eigenvalue weighted by Gasteiger charge is -2.18. The molecule has 0 atom stereocenters. The normalized spacial score (nSPS) is 14.4. The van der Waals surface area contributed by atoms with Gasteiger partial charge in [0.25, 0.3) is 0 Å². The van der Waals surface area contributed by atoms with Crippen molar-refractivity contribution in [2.45, 2.75) is 6.92 Å². The number of aliphatic imine (C=N–C) groups is 2. The van der Waals surface area contributed by atoms with Crippen LogP contribution in [0.25, 0.3) is 0 Å². The van der Waals surface area contributed by atoms with Crippen LogP contribution in [0.5, 0.6) is 5.75 Å². The third kappa shape index (κ3) is 6.48. The van der Waals surface area contributed by atoms with Gasteiger partial charge in [0.15, 0.2) is 0 Å². The number of ether oxygens (including phenoxy) is 2. The van der Waals surface area contributed by atoms with Gasteiger partial charge < -0.3 is 19.3 Å². The van der Waals surface area contributed by atoms with Crippen molar-refractivity contribution in [3.8, 4) is 11.8 Å². The minimum atomic E-state index is 0.422. The average Bonchev–Trinajstić information content (AvgIpc) is 3.03. The molecule has 1 aliphatic heterocycles. The van der Waals surface area contributed by atoms with E-state index in [4.69, 9.17) is 31.1 Å². The van der Waals surface area contributed by atoms with Crippen molar-refractivity contribution in [3.05, 3.63) is 69.5 Å². The highest BCUT2D eigenvalue weighted by Gasteiger charge is 2.24. The molecule has 0 aliphatic carbocycles. The van der Waals surface area contributed by atoms with Crippen LogP contribution in [0.15, 0.2) is 57.8 Å². The first kappa shape index (κ1) is 27.8. The fraction of sp³-hybridized carbons (Fsp3) is 0.370. The van der Waals surface area contributed by atoms with Crippen LogP contribution in [0.2, 0.25) is 5.02 Å². The van der Waals surface area contributed by atoms with Crippen molar-refractivity contribution < 1.29 is 9.47 Å². The third-order valence-corrected chi connectivity index (χ3v) is 6.87. The number of allylic oxidation sites excluding steroid dienone is 1. The van der Waals surface area contributed by atoms with E-state index in [1.54, 1.807) is 13.2 Å². The lowest BCUT2D eigenvalue weighted by Crippen LogP contribution is -2.27. The Kier molecular flexibility index (Phi) is 9.97. The minimum absolute atomic E-state index is 0.422. The van der Waals surface area contributed by atoms with Gasteiger partial charge in [-0.3, -0.25) is 0 Å². The second-order valence-electron chi connectivity index (χ2n) is 8.51. The zero-order valence-electron chi connectivity index (χ0n) is 21.6. The Morgan fingerprint density at radius 2 is 1.81 bits per heavy atom. The summed E-state index contributed by atoms with van der Waals surface area (Å²) in [5, 5.41) is 11.3. The van der Waals surface area contributed by atoms with Gasteiger partial charge >= 0.3 is 0 Å². The fourth-order valence-electron chi connectivity index (χ4n) is 3.56. The quantitative estimate of drug-likeness (QED) is 0.447. The molecule has 190 valence electrons. The van der Waals surface area contributed by atoms with Crippen molar-refractivity contribution in [1.82, 2.24) is 9.80 Å². The number of likely N-dealkylation sites (N-methyl/N-ethyl adjacent to an activating group) is 1. The van der Waals surface area contributed by atoms with Gasteiger partial charge in [0.2, 0.25) is 0 Å².